The van der Waals surface area contributed by atoms with Crippen molar-refractivity contribution >= 4 is 10.0 Å². The van der Waals surface area contributed by atoms with Gasteiger partial charge in [0.2, 0.25) is 10.0 Å². The molecule has 2 atom stereocenters. The monoisotopic (exact) mass is 336 g/mol. The first kappa shape index (κ1) is 21.8. The lowest BCUT2D eigenvalue weighted by atomic mass is 9.73. The average Bonchev–Trinajstić information content (AvgIpc) is 2.31. The number of sulfonamides is 1. The molecule has 0 fully saturated rings. The Kier molecular flexibility index (Phi) is 8.02. The van der Waals surface area contributed by atoms with Crippen molar-refractivity contribution in [2.75, 3.05) is 27.0 Å². The number of rotatable bonds is 10. The Morgan fingerprint density at radius 3 is 2.00 bits per heavy atom. The van der Waals surface area contributed by atoms with Crippen LogP contribution in [-0.4, -0.2) is 58.0 Å². The van der Waals surface area contributed by atoms with Gasteiger partial charge in [-0.2, -0.15) is 0 Å². The summed E-state index contributed by atoms with van der Waals surface area (Å²) in [6, 6.07) is -0.254. The summed E-state index contributed by atoms with van der Waals surface area (Å²) in [5, 5.41) is 0. The highest BCUT2D eigenvalue weighted by Gasteiger charge is 2.39. The minimum atomic E-state index is -3.28. The highest BCUT2D eigenvalue weighted by Crippen LogP contribution is 2.36. The van der Waals surface area contributed by atoms with Crippen molar-refractivity contribution in [3.63, 3.8) is 0 Å². The lowest BCUT2D eigenvalue weighted by molar-refractivity contribution is 0.0164. The average molecular weight is 337 g/mol. The summed E-state index contributed by atoms with van der Waals surface area (Å²) in [7, 11) is 0.865. The molecule has 2 unspecified atom stereocenters. The van der Waals surface area contributed by atoms with Crippen LogP contribution in [0.1, 0.15) is 54.4 Å². The molecule has 0 heterocycles. The Bertz CT molecular complexity index is 433. The molecule has 0 bridgehead atoms. The molecule has 5 nitrogen and oxygen atoms in total. The molecule has 0 rings (SSSR count). The lowest BCUT2D eigenvalue weighted by Gasteiger charge is -2.45. The minimum Gasteiger partial charge on any atom is -0.377 e. The SMILES string of the molecule is CCC(C)(CC(C)(C)C(COC(C)C)NS(C)(=O)=O)N(C)C. The van der Waals surface area contributed by atoms with Crippen LogP contribution in [-0.2, 0) is 14.8 Å². The lowest BCUT2D eigenvalue weighted by Crippen LogP contribution is -2.53. The van der Waals surface area contributed by atoms with E-state index >= 15 is 0 Å². The van der Waals surface area contributed by atoms with Crippen LogP contribution in [0, 0.1) is 5.41 Å². The van der Waals surface area contributed by atoms with Crippen LogP contribution in [0.3, 0.4) is 0 Å². The summed E-state index contributed by atoms with van der Waals surface area (Å²) < 4.78 is 31.9. The fraction of sp³-hybridized carbons (Fsp3) is 1.00. The van der Waals surface area contributed by atoms with Gasteiger partial charge in [-0.15, -0.1) is 0 Å². The fourth-order valence-electron chi connectivity index (χ4n) is 2.67. The van der Waals surface area contributed by atoms with Crippen molar-refractivity contribution in [3.8, 4) is 0 Å². The van der Waals surface area contributed by atoms with Gasteiger partial charge in [0.1, 0.15) is 0 Å². The number of hydrogen-bond donors (Lipinski definition) is 1. The third-order valence-electron chi connectivity index (χ3n) is 4.57. The predicted molar refractivity (Wildman–Crippen MR) is 93.6 cm³/mol. The van der Waals surface area contributed by atoms with E-state index in [4.69, 9.17) is 4.74 Å². The fourth-order valence-corrected chi connectivity index (χ4v) is 3.57. The molecular weight excluding hydrogens is 300 g/mol. The second-order valence-electron chi connectivity index (χ2n) is 7.73. The molecular formula is C16H36N2O3S. The van der Waals surface area contributed by atoms with Gasteiger partial charge in [-0.25, -0.2) is 13.1 Å². The summed E-state index contributed by atoms with van der Waals surface area (Å²) >= 11 is 0. The van der Waals surface area contributed by atoms with Crippen molar-refractivity contribution in [2.45, 2.75) is 72.1 Å². The quantitative estimate of drug-likeness (QED) is 0.666. The molecule has 0 aromatic heterocycles. The van der Waals surface area contributed by atoms with Crippen LogP contribution >= 0.6 is 0 Å². The third kappa shape index (κ3) is 7.40. The number of nitrogens with zero attached hydrogens (tertiary/aromatic N) is 1. The van der Waals surface area contributed by atoms with E-state index in [2.05, 4.69) is 51.4 Å². The zero-order chi connectivity index (χ0) is 17.8. The van der Waals surface area contributed by atoms with E-state index in [0.29, 0.717) is 6.61 Å². The van der Waals surface area contributed by atoms with Crippen molar-refractivity contribution in [3.05, 3.63) is 0 Å². The van der Waals surface area contributed by atoms with E-state index in [1.165, 1.54) is 6.26 Å². The Labute approximate surface area is 137 Å². The van der Waals surface area contributed by atoms with Crippen LogP contribution in [0.25, 0.3) is 0 Å². The minimum absolute atomic E-state index is 0.0127. The number of ether oxygens (including phenoxy) is 1. The molecule has 0 radical (unpaired) electrons. The molecule has 0 aromatic carbocycles. The van der Waals surface area contributed by atoms with E-state index in [9.17, 15) is 8.42 Å². The molecule has 134 valence electrons. The molecule has 6 heteroatoms. The maximum atomic E-state index is 11.7. The van der Waals surface area contributed by atoms with Gasteiger partial charge in [0.25, 0.3) is 0 Å². The summed E-state index contributed by atoms with van der Waals surface area (Å²) in [5.74, 6) is 0. The topological polar surface area (TPSA) is 58.6 Å². The van der Waals surface area contributed by atoms with Crippen LogP contribution in [0.2, 0.25) is 0 Å². The molecule has 0 aromatic rings. The molecule has 0 amide bonds. The van der Waals surface area contributed by atoms with E-state index in [-0.39, 0.29) is 23.1 Å². The third-order valence-corrected chi connectivity index (χ3v) is 5.29. The molecule has 1 N–H and O–H groups in total. The van der Waals surface area contributed by atoms with Crippen molar-refractivity contribution < 1.29 is 13.2 Å². The molecule has 0 aliphatic rings. The molecule has 0 saturated heterocycles. The van der Waals surface area contributed by atoms with E-state index in [1.54, 1.807) is 0 Å². The van der Waals surface area contributed by atoms with Crippen molar-refractivity contribution in [2.24, 2.45) is 5.41 Å². The summed E-state index contributed by atoms with van der Waals surface area (Å²) in [6.07, 6.45) is 3.15. The van der Waals surface area contributed by atoms with Crippen LogP contribution in [0.15, 0.2) is 0 Å². The normalized spacial score (nSPS) is 17.8. The van der Waals surface area contributed by atoms with Crippen molar-refractivity contribution in [1.29, 1.82) is 0 Å². The molecule has 22 heavy (non-hydrogen) atoms. The van der Waals surface area contributed by atoms with Crippen molar-refractivity contribution in [1.82, 2.24) is 9.62 Å². The molecule has 0 aliphatic carbocycles. The highest BCUT2D eigenvalue weighted by molar-refractivity contribution is 7.88. The molecule has 0 saturated carbocycles. The van der Waals surface area contributed by atoms with Crippen LogP contribution < -0.4 is 4.72 Å². The molecule has 0 aliphatic heterocycles. The summed E-state index contributed by atoms with van der Waals surface area (Å²) in [5.41, 5.74) is -0.217. The first-order valence-electron chi connectivity index (χ1n) is 8.00. The van der Waals surface area contributed by atoms with Gasteiger partial charge in [-0.3, -0.25) is 0 Å². The van der Waals surface area contributed by atoms with Crippen LogP contribution in [0.4, 0.5) is 0 Å². The standard InChI is InChI=1S/C16H36N2O3S/c1-10-16(6,18(7)8)12-15(4,5)14(11-21-13(2)3)17-22(9,19)20/h13-14,17H,10-12H2,1-9H3. The van der Waals surface area contributed by atoms with E-state index in [1.807, 2.05) is 13.8 Å². The first-order valence-corrected chi connectivity index (χ1v) is 9.89. The van der Waals surface area contributed by atoms with Gasteiger partial charge in [0.15, 0.2) is 0 Å². The summed E-state index contributed by atoms with van der Waals surface area (Å²) in [6.45, 7) is 12.9. The van der Waals surface area contributed by atoms with Gasteiger partial charge < -0.3 is 9.64 Å². The largest absolute Gasteiger partial charge is 0.377 e. The smallest absolute Gasteiger partial charge is 0.209 e. The number of nitrogens with one attached hydrogen (secondary N) is 1. The predicted octanol–water partition coefficient (Wildman–Crippen LogP) is 2.48. The van der Waals surface area contributed by atoms with E-state index < -0.39 is 10.0 Å². The van der Waals surface area contributed by atoms with Crippen LogP contribution in [0.5, 0.6) is 0 Å². The maximum absolute atomic E-state index is 11.7. The Balaban J connectivity index is 5.30. The van der Waals surface area contributed by atoms with Gasteiger partial charge in [0.05, 0.1) is 25.0 Å². The zero-order valence-electron chi connectivity index (χ0n) is 15.9. The summed E-state index contributed by atoms with van der Waals surface area (Å²) in [4.78, 5) is 2.22. The van der Waals surface area contributed by atoms with Gasteiger partial charge >= 0.3 is 0 Å². The molecule has 0 spiro atoms. The second kappa shape index (κ2) is 8.08. The highest BCUT2D eigenvalue weighted by atomic mass is 32.2. The Morgan fingerprint density at radius 1 is 1.18 bits per heavy atom. The van der Waals surface area contributed by atoms with Gasteiger partial charge in [-0.05, 0) is 53.1 Å². The number of hydrogen-bond acceptors (Lipinski definition) is 4. The second-order valence-corrected chi connectivity index (χ2v) is 9.52. The Morgan fingerprint density at radius 2 is 1.68 bits per heavy atom. The zero-order valence-corrected chi connectivity index (χ0v) is 16.7. The van der Waals surface area contributed by atoms with Gasteiger partial charge in [0, 0.05) is 5.54 Å². The van der Waals surface area contributed by atoms with E-state index in [0.717, 1.165) is 12.8 Å². The first-order chi connectivity index (χ1) is 9.73. The Hall–Kier alpha value is -0.170. The maximum Gasteiger partial charge on any atom is 0.209 e. The van der Waals surface area contributed by atoms with Gasteiger partial charge in [-0.1, -0.05) is 20.8 Å².